The molecular weight excluding hydrogens is 352 g/mol. The molecule has 2 aromatic rings. The lowest BCUT2D eigenvalue weighted by atomic mass is 10.1. The summed E-state index contributed by atoms with van der Waals surface area (Å²) in [4.78, 5) is 27.2. The quantitative estimate of drug-likeness (QED) is 0.665. The molecule has 0 radical (unpaired) electrons. The first-order valence-electron chi connectivity index (χ1n) is 9.92. The maximum atomic E-state index is 12.8. The number of benzene rings is 2. The van der Waals surface area contributed by atoms with Crippen LogP contribution in [0.5, 0.6) is 5.75 Å². The number of carbonyl (C=O) groups is 2. The van der Waals surface area contributed by atoms with Crippen LogP contribution in [0.25, 0.3) is 0 Å². The normalized spacial score (nSPS) is 10.6. The minimum absolute atomic E-state index is 0.00729. The summed E-state index contributed by atoms with van der Waals surface area (Å²) in [5.74, 6) is 0.409. The van der Waals surface area contributed by atoms with Crippen molar-refractivity contribution in [2.24, 2.45) is 0 Å². The average Bonchev–Trinajstić information content (AvgIpc) is 2.67. The zero-order chi connectivity index (χ0) is 20.5. The van der Waals surface area contributed by atoms with E-state index < -0.39 is 0 Å². The number of amides is 2. The first-order chi connectivity index (χ1) is 13.4. The summed E-state index contributed by atoms with van der Waals surface area (Å²) in [6.07, 6.45) is 1.86. The third-order valence-corrected chi connectivity index (χ3v) is 4.11. The number of nitrogens with zero attached hydrogens (tertiary/aromatic N) is 1. The van der Waals surface area contributed by atoms with E-state index in [2.05, 4.69) is 19.2 Å². The average molecular weight is 383 g/mol. The fourth-order valence-corrected chi connectivity index (χ4v) is 2.95. The molecule has 2 rings (SSSR count). The minimum Gasteiger partial charge on any atom is -0.491 e. The molecule has 0 bridgehead atoms. The molecule has 0 heterocycles. The zero-order valence-corrected chi connectivity index (χ0v) is 17.2. The number of rotatable bonds is 9. The fourth-order valence-electron chi connectivity index (χ4n) is 2.95. The minimum atomic E-state index is -0.238. The Morgan fingerprint density at radius 3 is 2.25 bits per heavy atom. The van der Waals surface area contributed by atoms with Gasteiger partial charge in [0.25, 0.3) is 11.8 Å². The van der Waals surface area contributed by atoms with Gasteiger partial charge >= 0.3 is 0 Å². The number of hydrogen-bond acceptors (Lipinski definition) is 3. The summed E-state index contributed by atoms with van der Waals surface area (Å²) >= 11 is 0. The van der Waals surface area contributed by atoms with E-state index in [0.29, 0.717) is 22.6 Å². The second-order valence-corrected chi connectivity index (χ2v) is 7.02. The third-order valence-electron chi connectivity index (χ3n) is 4.11. The lowest BCUT2D eigenvalue weighted by Crippen LogP contribution is -2.32. The highest BCUT2D eigenvalue weighted by molar-refractivity contribution is 6.05. The molecule has 0 aromatic heterocycles. The highest BCUT2D eigenvalue weighted by Gasteiger charge is 2.15. The molecule has 0 atom stereocenters. The van der Waals surface area contributed by atoms with Gasteiger partial charge in [0.15, 0.2) is 0 Å². The van der Waals surface area contributed by atoms with E-state index in [9.17, 15) is 9.59 Å². The highest BCUT2D eigenvalue weighted by Crippen LogP contribution is 2.18. The molecular formula is C23H30N2O3. The molecule has 5 nitrogen and oxygen atoms in total. The summed E-state index contributed by atoms with van der Waals surface area (Å²) in [5, 5.41) is 2.87. The highest BCUT2D eigenvalue weighted by atomic mass is 16.5. The Kier molecular flexibility index (Phi) is 8.05. The summed E-state index contributed by atoms with van der Waals surface area (Å²) in [6.45, 7) is 9.45. The van der Waals surface area contributed by atoms with Crippen molar-refractivity contribution < 1.29 is 14.3 Å². The van der Waals surface area contributed by atoms with Crippen LogP contribution in [0.15, 0.2) is 48.5 Å². The lowest BCUT2D eigenvalue weighted by molar-refractivity contribution is 0.0755. The van der Waals surface area contributed by atoms with Gasteiger partial charge in [-0.05, 0) is 63.1 Å². The molecule has 0 saturated carbocycles. The molecule has 0 aliphatic rings. The molecule has 0 aliphatic carbocycles. The summed E-state index contributed by atoms with van der Waals surface area (Å²) < 4.78 is 5.65. The maximum absolute atomic E-state index is 12.8. The molecule has 2 amide bonds. The monoisotopic (exact) mass is 382 g/mol. The van der Waals surface area contributed by atoms with Gasteiger partial charge in [-0.2, -0.15) is 0 Å². The SMILES string of the molecule is CCCN(CCC)C(=O)c1cccc(NC(=O)c2cccc(OC(C)C)c2)c1. The van der Waals surface area contributed by atoms with Crippen molar-refractivity contribution in [2.75, 3.05) is 18.4 Å². The molecule has 0 saturated heterocycles. The van der Waals surface area contributed by atoms with Gasteiger partial charge in [0.05, 0.1) is 6.10 Å². The Bertz CT molecular complexity index is 796. The molecule has 1 N–H and O–H groups in total. The molecule has 0 spiro atoms. The van der Waals surface area contributed by atoms with Gasteiger partial charge in [-0.25, -0.2) is 0 Å². The van der Waals surface area contributed by atoms with Crippen LogP contribution in [0.3, 0.4) is 0 Å². The molecule has 0 fully saturated rings. The first kappa shape index (κ1) is 21.5. The summed E-state index contributed by atoms with van der Waals surface area (Å²) in [6, 6.07) is 14.2. The molecule has 28 heavy (non-hydrogen) atoms. The van der Waals surface area contributed by atoms with Crippen LogP contribution < -0.4 is 10.1 Å². The van der Waals surface area contributed by atoms with Crippen molar-refractivity contribution in [1.29, 1.82) is 0 Å². The number of hydrogen-bond donors (Lipinski definition) is 1. The van der Waals surface area contributed by atoms with Crippen LogP contribution in [0.4, 0.5) is 5.69 Å². The first-order valence-corrected chi connectivity index (χ1v) is 9.92. The number of nitrogens with one attached hydrogen (secondary N) is 1. The predicted molar refractivity (Wildman–Crippen MR) is 113 cm³/mol. The van der Waals surface area contributed by atoms with Crippen LogP contribution in [0, 0.1) is 0 Å². The number of ether oxygens (including phenoxy) is 1. The molecule has 0 aliphatic heterocycles. The van der Waals surface area contributed by atoms with E-state index in [0.717, 1.165) is 25.9 Å². The Morgan fingerprint density at radius 2 is 1.61 bits per heavy atom. The standard InChI is InChI=1S/C23H30N2O3/c1-5-13-25(14-6-2)23(27)19-10-7-11-20(15-19)24-22(26)18-9-8-12-21(16-18)28-17(3)4/h7-12,15-17H,5-6,13-14H2,1-4H3,(H,24,26). The van der Waals surface area contributed by atoms with E-state index in [1.165, 1.54) is 0 Å². The number of anilines is 1. The van der Waals surface area contributed by atoms with Gasteiger partial charge in [-0.15, -0.1) is 0 Å². The van der Waals surface area contributed by atoms with Gasteiger partial charge in [-0.3, -0.25) is 9.59 Å². The zero-order valence-electron chi connectivity index (χ0n) is 17.2. The van der Waals surface area contributed by atoms with Crippen LogP contribution in [-0.2, 0) is 0 Å². The van der Waals surface area contributed by atoms with E-state index in [-0.39, 0.29) is 17.9 Å². The summed E-state index contributed by atoms with van der Waals surface area (Å²) in [5.41, 5.74) is 1.68. The fraction of sp³-hybridized carbons (Fsp3) is 0.391. The van der Waals surface area contributed by atoms with E-state index in [1.807, 2.05) is 24.8 Å². The smallest absolute Gasteiger partial charge is 0.255 e. The molecule has 150 valence electrons. The van der Waals surface area contributed by atoms with Gasteiger partial charge in [-0.1, -0.05) is 26.0 Å². The Morgan fingerprint density at radius 1 is 0.964 bits per heavy atom. The van der Waals surface area contributed by atoms with Gasteiger partial charge in [0, 0.05) is 29.9 Å². The maximum Gasteiger partial charge on any atom is 0.255 e. The number of carbonyl (C=O) groups excluding carboxylic acids is 2. The van der Waals surface area contributed by atoms with E-state index in [4.69, 9.17) is 4.74 Å². The topological polar surface area (TPSA) is 58.6 Å². The van der Waals surface area contributed by atoms with E-state index >= 15 is 0 Å². The van der Waals surface area contributed by atoms with Gasteiger partial charge < -0.3 is 15.0 Å². The van der Waals surface area contributed by atoms with Crippen molar-refractivity contribution in [3.8, 4) is 5.75 Å². The largest absolute Gasteiger partial charge is 0.491 e. The van der Waals surface area contributed by atoms with Crippen molar-refractivity contribution in [3.05, 3.63) is 59.7 Å². The summed E-state index contributed by atoms with van der Waals surface area (Å²) in [7, 11) is 0. The Balaban J connectivity index is 2.13. The lowest BCUT2D eigenvalue weighted by Gasteiger charge is -2.21. The predicted octanol–water partition coefficient (Wildman–Crippen LogP) is 4.99. The van der Waals surface area contributed by atoms with Gasteiger partial charge in [0.2, 0.25) is 0 Å². The Labute approximate surface area is 167 Å². The van der Waals surface area contributed by atoms with Crippen LogP contribution >= 0.6 is 0 Å². The second kappa shape index (κ2) is 10.5. The Hall–Kier alpha value is -2.82. The van der Waals surface area contributed by atoms with Gasteiger partial charge in [0.1, 0.15) is 5.75 Å². The van der Waals surface area contributed by atoms with Crippen LogP contribution in [0.2, 0.25) is 0 Å². The third kappa shape index (κ3) is 6.12. The molecule has 0 unspecified atom stereocenters. The van der Waals surface area contributed by atoms with Crippen molar-refractivity contribution >= 4 is 17.5 Å². The second-order valence-electron chi connectivity index (χ2n) is 7.02. The van der Waals surface area contributed by atoms with Crippen molar-refractivity contribution in [2.45, 2.75) is 46.6 Å². The van der Waals surface area contributed by atoms with E-state index in [1.54, 1.807) is 42.5 Å². The van der Waals surface area contributed by atoms with Crippen LogP contribution in [-0.4, -0.2) is 35.9 Å². The molecule has 2 aromatic carbocycles. The molecule has 5 heteroatoms. The van der Waals surface area contributed by atoms with Crippen molar-refractivity contribution in [3.63, 3.8) is 0 Å². The van der Waals surface area contributed by atoms with Crippen LogP contribution in [0.1, 0.15) is 61.3 Å². The van der Waals surface area contributed by atoms with Crippen molar-refractivity contribution in [1.82, 2.24) is 4.90 Å².